The largest absolute Gasteiger partial charge is 0.350 e. The molecule has 2 rings (SSSR count). The number of pyridine rings is 1. The maximum absolute atomic E-state index is 11.7. The number of carbonyl (C=O) groups excluding carboxylic acids is 1. The standard InChI is InChI=1S/C14H21N3O.2ClH/c18-14(5-4-12-6-9-15-10-7-12)17-11-13-3-1-2-8-16-13;;/h1-3,8,12,15H,4-7,9-11H2,(H,17,18);2*1H. The molecular formula is C14H23Cl2N3O. The number of piperidine rings is 1. The summed E-state index contributed by atoms with van der Waals surface area (Å²) < 4.78 is 0. The quantitative estimate of drug-likeness (QED) is 0.875. The van der Waals surface area contributed by atoms with Crippen LogP contribution in [0.1, 0.15) is 31.4 Å². The van der Waals surface area contributed by atoms with E-state index in [-0.39, 0.29) is 30.7 Å². The van der Waals surface area contributed by atoms with Crippen LogP contribution in [0, 0.1) is 5.92 Å². The molecule has 0 unspecified atom stereocenters. The molecule has 0 spiro atoms. The van der Waals surface area contributed by atoms with E-state index in [1.54, 1.807) is 6.20 Å². The van der Waals surface area contributed by atoms with Crippen molar-refractivity contribution in [1.29, 1.82) is 0 Å². The second-order valence-electron chi connectivity index (χ2n) is 4.83. The highest BCUT2D eigenvalue weighted by atomic mass is 35.5. The Hall–Kier alpha value is -0.840. The summed E-state index contributed by atoms with van der Waals surface area (Å²) >= 11 is 0. The summed E-state index contributed by atoms with van der Waals surface area (Å²) in [5, 5.41) is 6.26. The van der Waals surface area contributed by atoms with Gasteiger partial charge in [-0.2, -0.15) is 0 Å². The SMILES string of the molecule is Cl.Cl.O=C(CCC1CCNCC1)NCc1ccccn1. The van der Waals surface area contributed by atoms with Crippen LogP contribution in [0.2, 0.25) is 0 Å². The summed E-state index contributed by atoms with van der Waals surface area (Å²) in [4.78, 5) is 15.9. The Balaban J connectivity index is 0.00000180. The normalized spacial score (nSPS) is 14.8. The summed E-state index contributed by atoms with van der Waals surface area (Å²) in [5.41, 5.74) is 0.910. The average molecular weight is 320 g/mol. The van der Waals surface area contributed by atoms with E-state index in [0.717, 1.165) is 25.2 Å². The number of halogens is 2. The third-order valence-corrected chi connectivity index (χ3v) is 3.43. The van der Waals surface area contributed by atoms with Gasteiger partial charge in [0, 0.05) is 12.6 Å². The Morgan fingerprint density at radius 3 is 2.70 bits per heavy atom. The first-order valence-electron chi connectivity index (χ1n) is 6.72. The molecule has 2 heterocycles. The third-order valence-electron chi connectivity index (χ3n) is 3.43. The van der Waals surface area contributed by atoms with Gasteiger partial charge in [0.15, 0.2) is 0 Å². The number of amides is 1. The Kier molecular flexibility index (Phi) is 10.4. The fourth-order valence-corrected chi connectivity index (χ4v) is 2.29. The van der Waals surface area contributed by atoms with Crippen molar-refractivity contribution < 1.29 is 4.79 Å². The zero-order valence-electron chi connectivity index (χ0n) is 11.5. The summed E-state index contributed by atoms with van der Waals surface area (Å²) in [6, 6.07) is 5.74. The van der Waals surface area contributed by atoms with Crippen LogP contribution in [0.5, 0.6) is 0 Å². The lowest BCUT2D eigenvalue weighted by Crippen LogP contribution is -2.29. The molecule has 0 saturated carbocycles. The lowest BCUT2D eigenvalue weighted by molar-refractivity contribution is -0.121. The van der Waals surface area contributed by atoms with Gasteiger partial charge in [-0.15, -0.1) is 24.8 Å². The summed E-state index contributed by atoms with van der Waals surface area (Å²) in [6.45, 7) is 2.73. The number of rotatable bonds is 5. The van der Waals surface area contributed by atoms with E-state index >= 15 is 0 Å². The molecule has 1 aliphatic rings. The minimum absolute atomic E-state index is 0. The molecule has 20 heavy (non-hydrogen) atoms. The Morgan fingerprint density at radius 2 is 2.05 bits per heavy atom. The predicted octanol–water partition coefficient (Wildman–Crippen LogP) is 2.32. The molecule has 0 atom stereocenters. The molecule has 1 aromatic heterocycles. The van der Waals surface area contributed by atoms with E-state index in [1.807, 2.05) is 18.2 Å². The van der Waals surface area contributed by atoms with Gasteiger partial charge in [-0.3, -0.25) is 9.78 Å². The second kappa shape index (κ2) is 10.9. The van der Waals surface area contributed by atoms with Crippen LogP contribution in [0.4, 0.5) is 0 Å². The zero-order chi connectivity index (χ0) is 12.6. The third kappa shape index (κ3) is 7.08. The Labute approximate surface area is 132 Å². The van der Waals surface area contributed by atoms with Crippen LogP contribution in [0.25, 0.3) is 0 Å². The molecule has 4 nitrogen and oxygen atoms in total. The monoisotopic (exact) mass is 319 g/mol. The lowest BCUT2D eigenvalue weighted by Gasteiger charge is -2.22. The minimum atomic E-state index is 0. The molecular weight excluding hydrogens is 297 g/mol. The molecule has 1 saturated heterocycles. The van der Waals surface area contributed by atoms with E-state index in [9.17, 15) is 4.79 Å². The van der Waals surface area contributed by atoms with Crippen molar-refractivity contribution in [3.05, 3.63) is 30.1 Å². The molecule has 114 valence electrons. The lowest BCUT2D eigenvalue weighted by atomic mass is 9.93. The molecule has 1 aliphatic heterocycles. The number of carbonyl (C=O) groups is 1. The van der Waals surface area contributed by atoms with Crippen LogP contribution in [0.15, 0.2) is 24.4 Å². The second-order valence-corrected chi connectivity index (χ2v) is 4.83. The molecule has 0 bridgehead atoms. The maximum atomic E-state index is 11.7. The smallest absolute Gasteiger partial charge is 0.220 e. The van der Waals surface area contributed by atoms with E-state index in [2.05, 4.69) is 15.6 Å². The van der Waals surface area contributed by atoms with Crippen molar-refractivity contribution in [1.82, 2.24) is 15.6 Å². The van der Waals surface area contributed by atoms with Gasteiger partial charge in [0.1, 0.15) is 0 Å². The highest BCUT2D eigenvalue weighted by Crippen LogP contribution is 2.17. The van der Waals surface area contributed by atoms with Crippen LogP contribution in [-0.4, -0.2) is 24.0 Å². The molecule has 1 fully saturated rings. The van der Waals surface area contributed by atoms with E-state index in [4.69, 9.17) is 0 Å². The average Bonchev–Trinajstić information content (AvgIpc) is 2.45. The van der Waals surface area contributed by atoms with Crippen molar-refractivity contribution in [2.24, 2.45) is 5.92 Å². The Bertz CT molecular complexity index is 370. The molecule has 6 heteroatoms. The topological polar surface area (TPSA) is 54.0 Å². The number of hydrogen-bond acceptors (Lipinski definition) is 3. The fourth-order valence-electron chi connectivity index (χ4n) is 2.29. The van der Waals surface area contributed by atoms with Crippen LogP contribution < -0.4 is 10.6 Å². The van der Waals surface area contributed by atoms with Gasteiger partial charge >= 0.3 is 0 Å². The summed E-state index contributed by atoms with van der Waals surface area (Å²) in [7, 11) is 0. The van der Waals surface area contributed by atoms with Crippen molar-refractivity contribution in [3.8, 4) is 0 Å². The van der Waals surface area contributed by atoms with Crippen molar-refractivity contribution >= 4 is 30.7 Å². The summed E-state index contributed by atoms with van der Waals surface area (Å²) in [6.07, 6.45) is 5.80. The van der Waals surface area contributed by atoms with Gasteiger partial charge in [0.05, 0.1) is 12.2 Å². The van der Waals surface area contributed by atoms with Crippen molar-refractivity contribution in [2.45, 2.75) is 32.2 Å². The molecule has 0 aromatic carbocycles. The fraction of sp³-hybridized carbons (Fsp3) is 0.571. The highest BCUT2D eigenvalue weighted by Gasteiger charge is 2.14. The molecule has 0 aliphatic carbocycles. The first kappa shape index (κ1) is 19.2. The van der Waals surface area contributed by atoms with E-state index in [1.165, 1.54) is 12.8 Å². The summed E-state index contributed by atoms with van der Waals surface area (Å²) in [5.74, 6) is 0.853. The highest BCUT2D eigenvalue weighted by molar-refractivity contribution is 5.85. The Morgan fingerprint density at radius 1 is 1.30 bits per heavy atom. The molecule has 2 N–H and O–H groups in total. The van der Waals surface area contributed by atoms with Gasteiger partial charge in [-0.1, -0.05) is 6.07 Å². The van der Waals surface area contributed by atoms with Gasteiger partial charge in [0.25, 0.3) is 0 Å². The van der Waals surface area contributed by atoms with E-state index < -0.39 is 0 Å². The van der Waals surface area contributed by atoms with Crippen molar-refractivity contribution in [3.63, 3.8) is 0 Å². The van der Waals surface area contributed by atoms with Gasteiger partial charge in [-0.25, -0.2) is 0 Å². The molecule has 1 amide bonds. The van der Waals surface area contributed by atoms with Gasteiger partial charge in [-0.05, 0) is 50.4 Å². The predicted molar refractivity (Wildman–Crippen MR) is 85.4 cm³/mol. The van der Waals surface area contributed by atoms with Gasteiger partial charge in [0.2, 0.25) is 5.91 Å². The zero-order valence-corrected chi connectivity index (χ0v) is 13.1. The maximum Gasteiger partial charge on any atom is 0.220 e. The van der Waals surface area contributed by atoms with Gasteiger partial charge < -0.3 is 10.6 Å². The van der Waals surface area contributed by atoms with Crippen molar-refractivity contribution in [2.75, 3.05) is 13.1 Å². The molecule has 1 aromatic rings. The number of nitrogens with zero attached hydrogens (tertiary/aromatic N) is 1. The van der Waals surface area contributed by atoms with E-state index in [0.29, 0.717) is 18.9 Å². The number of nitrogens with one attached hydrogen (secondary N) is 2. The van der Waals surface area contributed by atoms with Crippen LogP contribution in [-0.2, 0) is 11.3 Å². The first-order valence-corrected chi connectivity index (χ1v) is 6.72. The van der Waals surface area contributed by atoms with Crippen LogP contribution in [0.3, 0.4) is 0 Å². The number of aromatic nitrogens is 1. The van der Waals surface area contributed by atoms with Crippen LogP contribution >= 0.6 is 24.8 Å². The first-order chi connectivity index (χ1) is 8.84. The minimum Gasteiger partial charge on any atom is -0.350 e. The number of hydrogen-bond donors (Lipinski definition) is 2. The molecule has 0 radical (unpaired) electrons.